The van der Waals surface area contributed by atoms with E-state index in [1.165, 1.54) is 4.52 Å². The summed E-state index contributed by atoms with van der Waals surface area (Å²) in [5.74, 6) is 0.424. The first kappa shape index (κ1) is 18.7. The SMILES string of the molecule is C.CCCN(Cc1nn2cccc2c(=O)[nH]1)C(=O)OC(C)(C)C. The highest BCUT2D eigenvalue weighted by Gasteiger charge is 2.22. The van der Waals surface area contributed by atoms with E-state index in [-0.39, 0.29) is 19.5 Å². The van der Waals surface area contributed by atoms with Gasteiger partial charge in [-0.15, -0.1) is 0 Å². The van der Waals surface area contributed by atoms with Gasteiger partial charge in [0.15, 0.2) is 0 Å². The van der Waals surface area contributed by atoms with Crippen molar-refractivity contribution in [2.45, 2.75) is 53.7 Å². The number of carbonyl (C=O) groups is 1. The Labute approximate surface area is 136 Å². The zero-order chi connectivity index (χ0) is 16.3. The second-order valence-corrected chi connectivity index (χ2v) is 6.14. The fourth-order valence-corrected chi connectivity index (χ4v) is 2.07. The average molecular weight is 322 g/mol. The molecule has 0 atom stereocenters. The van der Waals surface area contributed by atoms with Gasteiger partial charge < -0.3 is 14.6 Å². The van der Waals surface area contributed by atoms with E-state index in [1.807, 2.05) is 27.7 Å². The second kappa shape index (κ2) is 7.30. The predicted octanol–water partition coefficient (Wildman–Crippen LogP) is 2.81. The molecule has 2 aromatic rings. The van der Waals surface area contributed by atoms with E-state index in [2.05, 4.69) is 10.1 Å². The standard InChI is InChI=1S/C15H22N4O3.CH4/c1-5-8-18(14(21)22-15(2,3)4)10-12-16-13(20)11-7-6-9-19(11)17-12;/h6-7,9H,5,8,10H2,1-4H3,(H,16,17,20);1H4. The van der Waals surface area contributed by atoms with E-state index >= 15 is 0 Å². The van der Waals surface area contributed by atoms with Crippen LogP contribution in [0.3, 0.4) is 0 Å². The Hall–Kier alpha value is -2.31. The summed E-state index contributed by atoms with van der Waals surface area (Å²) in [4.78, 5) is 28.4. The highest BCUT2D eigenvalue weighted by molar-refractivity contribution is 5.68. The Morgan fingerprint density at radius 3 is 2.74 bits per heavy atom. The molecule has 2 aromatic heterocycles. The summed E-state index contributed by atoms with van der Waals surface area (Å²) in [7, 11) is 0. The molecule has 2 heterocycles. The van der Waals surface area contributed by atoms with Crippen LogP contribution < -0.4 is 5.56 Å². The summed E-state index contributed by atoms with van der Waals surface area (Å²) in [5.41, 5.74) is -0.312. The largest absolute Gasteiger partial charge is 0.444 e. The van der Waals surface area contributed by atoms with Crippen molar-refractivity contribution in [1.29, 1.82) is 0 Å². The number of fused-ring (bicyclic) bond motifs is 1. The van der Waals surface area contributed by atoms with Crippen molar-refractivity contribution in [3.63, 3.8) is 0 Å². The van der Waals surface area contributed by atoms with Crippen LogP contribution >= 0.6 is 0 Å². The molecule has 128 valence electrons. The van der Waals surface area contributed by atoms with Gasteiger partial charge >= 0.3 is 6.09 Å². The van der Waals surface area contributed by atoms with Gasteiger partial charge in [0.1, 0.15) is 16.9 Å². The van der Waals surface area contributed by atoms with Crippen LogP contribution in [-0.2, 0) is 11.3 Å². The summed E-state index contributed by atoms with van der Waals surface area (Å²) < 4.78 is 6.90. The van der Waals surface area contributed by atoms with E-state index in [0.29, 0.717) is 17.9 Å². The molecule has 7 heteroatoms. The third-order valence-corrected chi connectivity index (χ3v) is 2.93. The number of hydrogen-bond donors (Lipinski definition) is 1. The highest BCUT2D eigenvalue weighted by atomic mass is 16.6. The summed E-state index contributed by atoms with van der Waals surface area (Å²) in [6.07, 6.45) is 2.07. The van der Waals surface area contributed by atoms with Crippen molar-refractivity contribution >= 4 is 11.6 Å². The first-order valence-electron chi connectivity index (χ1n) is 7.34. The summed E-state index contributed by atoms with van der Waals surface area (Å²) >= 11 is 0. The summed E-state index contributed by atoms with van der Waals surface area (Å²) in [5, 5.41) is 4.31. The zero-order valence-electron chi connectivity index (χ0n) is 13.4. The van der Waals surface area contributed by atoms with Crippen LogP contribution in [-0.4, -0.2) is 37.7 Å². The minimum atomic E-state index is -0.561. The van der Waals surface area contributed by atoms with Crippen molar-refractivity contribution in [2.24, 2.45) is 0 Å². The molecule has 0 bridgehead atoms. The molecule has 0 aliphatic rings. The van der Waals surface area contributed by atoms with E-state index in [4.69, 9.17) is 4.74 Å². The number of aromatic nitrogens is 3. The molecule has 1 N–H and O–H groups in total. The smallest absolute Gasteiger partial charge is 0.410 e. The third-order valence-electron chi connectivity index (χ3n) is 2.93. The van der Waals surface area contributed by atoms with Crippen LogP contribution in [0.15, 0.2) is 23.1 Å². The Balaban J connectivity index is 0.00000264. The van der Waals surface area contributed by atoms with Gasteiger partial charge in [0.05, 0.1) is 6.54 Å². The lowest BCUT2D eigenvalue weighted by Crippen LogP contribution is -2.37. The normalized spacial score (nSPS) is 11.1. The zero-order valence-corrected chi connectivity index (χ0v) is 13.4. The number of nitrogens with zero attached hydrogens (tertiary/aromatic N) is 3. The first-order valence-corrected chi connectivity index (χ1v) is 7.34. The van der Waals surface area contributed by atoms with Gasteiger partial charge in [0, 0.05) is 12.7 Å². The van der Waals surface area contributed by atoms with Crippen LogP contribution in [0.4, 0.5) is 4.79 Å². The Morgan fingerprint density at radius 2 is 2.13 bits per heavy atom. The molecule has 0 fully saturated rings. The summed E-state index contributed by atoms with van der Waals surface area (Å²) in [6, 6.07) is 3.44. The number of ether oxygens (including phenoxy) is 1. The fourth-order valence-electron chi connectivity index (χ4n) is 2.07. The van der Waals surface area contributed by atoms with Crippen LogP contribution in [0.5, 0.6) is 0 Å². The maximum absolute atomic E-state index is 12.2. The number of H-pyrrole nitrogens is 1. The van der Waals surface area contributed by atoms with E-state index in [9.17, 15) is 9.59 Å². The molecule has 0 saturated heterocycles. The minimum absolute atomic E-state index is 0. The number of nitrogens with one attached hydrogen (secondary N) is 1. The van der Waals surface area contributed by atoms with Crippen LogP contribution in [0.1, 0.15) is 47.4 Å². The maximum Gasteiger partial charge on any atom is 0.410 e. The first-order chi connectivity index (χ1) is 10.3. The molecule has 23 heavy (non-hydrogen) atoms. The van der Waals surface area contributed by atoms with Gasteiger partial charge in [-0.25, -0.2) is 9.31 Å². The molecular formula is C16H26N4O3. The lowest BCUT2D eigenvalue weighted by molar-refractivity contribution is 0.0228. The van der Waals surface area contributed by atoms with Gasteiger partial charge in [-0.2, -0.15) is 5.10 Å². The molecular weight excluding hydrogens is 296 g/mol. The van der Waals surface area contributed by atoms with Crippen LogP contribution in [0, 0.1) is 0 Å². The molecule has 2 rings (SSSR count). The molecule has 0 unspecified atom stereocenters. The van der Waals surface area contributed by atoms with Gasteiger partial charge in [-0.1, -0.05) is 14.4 Å². The quantitative estimate of drug-likeness (QED) is 0.938. The number of rotatable bonds is 4. The Bertz CT molecular complexity index is 712. The van der Waals surface area contributed by atoms with Crippen LogP contribution in [0.2, 0.25) is 0 Å². The molecule has 0 spiro atoms. The van der Waals surface area contributed by atoms with E-state index in [1.54, 1.807) is 23.2 Å². The molecule has 0 aliphatic carbocycles. The monoisotopic (exact) mass is 322 g/mol. The lowest BCUT2D eigenvalue weighted by Gasteiger charge is -2.26. The van der Waals surface area contributed by atoms with Crippen molar-refractivity contribution < 1.29 is 9.53 Å². The molecule has 1 amide bonds. The molecule has 0 aliphatic heterocycles. The topological polar surface area (TPSA) is 79.7 Å². The van der Waals surface area contributed by atoms with Gasteiger partial charge in [0.2, 0.25) is 0 Å². The molecule has 0 radical (unpaired) electrons. The third kappa shape index (κ3) is 4.84. The Kier molecular flexibility index (Phi) is 5.95. The van der Waals surface area contributed by atoms with Crippen molar-refractivity contribution in [3.8, 4) is 0 Å². The van der Waals surface area contributed by atoms with Crippen LogP contribution in [0.25, 0.3) is 5.52 Å². The Morgan fingerprint density at radius 1 is 1.43 bits per heavy atom. The fraction of sp³-hybridized carbons (Fsp3) is 0.562. The van der Waals surface area contributed by atoms with Gasteiger partial charge in [-0.05, 0) is 39.3 Å². The lowest BCUT2D eigenvalue weighted by atomic mass is 10.2. The molecule has 0 saturated carbocycles. The summed E-state index contributed by atoms with van der Waals surface area (Å²) in [6.45, 7) is 8.17. The number of carbonyl (C=O) groups excluding carboxylic acids is 1. The number of hydrogen-bond acceptors (Lipinski definition) is 4. The van der Waals surface area contributed by atoms with Crippen molar-refractivity contribution in [3.05, 3.63) is 34.5 Å². The predicted molar refractivity (Wildman–Crippen MR) is 89.5 cm³/mol. The number of amides is 1. The molecule has 7 nitrogen and oxygen atoms in total. The maximum atomic E-state index is 12.2. The second-order valence-electron chi connectivity index (χ2n) is 6.14. The number of aromatic amines is 1. The molecule has 0 aromatic carbocycles. The highest BCUT2D eigenvalue weighted by Crippen LogP contribution is 2.11. The van der Waals surface area contributed by atoms with Crippen molar-refractivity contribution in [1.82, 2.24) is 19.5 Å². The average Bonchev–Trinajstić information content (AvgIpc) is 2.85. The van der Waals surface area contributed by atoms with Gasteiger partial charge in [-0.3, -0.25) is 4.79 Å². The van der Waals surface area contributed by atoms with Gasteiger partial charge in [0.25, 0.3) is 5.56 Å². The van der Waals surface area contributed by atoms with E-state index in [0.717, 1.165) is 6.42 Å². The van der Waals surface area contributed by atoms with Crippen molar-refractivity contribution in [2.75, 3.05) is 6.54 Å². The van der Waals surface area contributed by atoms with E-state index < -0.39 is 11.7 Å². The minimum Gasteiger partial charge on any atom is -0.444 e.